The van der Waals surface area contributed by atoms with Gasteiger partial charge in [0.1, 0.15) is 0 Å². The highest BCUT2D eigenvalue weighted by molar-refractivity contribution is 8.01. The molecule has 4 heterocycles. The molecule has 0 bridgehead atoms. The summed E-state index contributed by atoms with van der Waals surface area (Å²) in [5.41, 5.74) is 1.02. The Balaban J connectivity index is 1.40. The van der Waals surface area contributed by atoms with E-state index in [1.54, 1.807) is 30.1 Å². The van der Waals surface area contributed by atoms with Crippen molar-refractivity contribution in [3.63, 3.8) is 0 Å². The quantitative estimate of drug-likeness (QED) is 0.349. The van der Waals surface area contributed by atoms with Gasteiger partial charge in [0.2, 0.25) is 5.95 Å². The van der Waals surface area contributed by atoms with E-state index in [0.717, 1.165) is 28.0 Å². The topological polar surface area (TPSA) is 98.0 Å². The van der Waals surface area contributed by atoms with E-state index in [4.69, 9.17) is 4.74 Å². The zero-order valence-corrected chi connectivity index (χ0v) is 18.7. The third-order valence-electron chi connectivity index (χ3n) is 5.31. The van der Waals surface area contributed by atoms with Crippen LogP contribution in [-0.4, -0.2) is 56.1 Å². The number of aromatic amines is 1. The molecular weight excluding hydrogens is 436 g/mol. The summed E-state index contributed by atoms with van der Waals surface area (Å²) in [5, 5.41) is 0. The lowest BCUT2D eigenvalue weighted by molar-refractivity contribution is 0.121. The van der Waals surface area contributed by atoms with Crippen molar-refractivity contribution < 1.29 is 4.74 Å². The van der Waals surface area contributed by atoms with Crippen LogP contribution in [0, 0.1) is 0 Å². The Morgan fingerprint density at radius 1 is 1.19 bits per heavy atom. The van der Waals surface area contributed by atoms with Gasteiger partial charge in [0, 0.05) is 32.4 Å². The zero-order valence-electron chi connectivity index (χ0n) is 17.0. The highest BCUT2D eigenvalue weighted by atomic mass is 32.2. The molecule has 0 radical (unpaired) electrons. The number of thiazole rings is 1. The number of H-pyrrole nitrogens is 1. The molecule has 1 N–H and O–H groups in total. The van der Waals surface area contributed by atoms with E-state index in [0.29, 0.717) is 44.0 Å². The maximum absolute atomic E-state index is 12.6. The molecule has 1 aromatic carbocycles. The van der Waals surface area contributed by atoms with Crippen LogP contribution in [0.25, 0.3) is 21.4 Å². The van der Waals surface area contributed by atoms with Gasteiger partial charge in [0.05, 0.1) is 23.4 Å². The second-order valence-corrected chi connectivity index (χ2v) is 9.68. The molecular formula is C20H22N6O3S2. The molecule has 0 aliphatic carbocycles. The largest absolute Gasteiger partial charge is 0.378 e. The van der Waals surface area contributed by atoms with Gasteiger partial charge in [-0.15, -0.1) is 11.3 Å². The first-order valence-corrected chi connectivity index (χ1v) is 11.9. The Morgan fingerprint density at radius 2 is 2.00 bits per heavy atom. The van der Waals surface area contributed by atoms with E-state index < -0.39 is 11.2 Å². The van der Waals surface area contributed by atoms with Gasteiger partial charge < -0.3 is 14.2 Å². The van der Waals surface area contributed by atoms with Crippen molar-refractivity contribution in [2.75, 3.05) is 37.0 Å². The minimum absolute atomic E-state index is 0.399. The highest BCUT2D eigenvalue weighted by Crippen LogP contribution is 2.30. The van der Waals surface area contributed by atoms with Crippen molar-refractivity contribution in [3.8, 4) is 0 Å². The average molecular weight is 459 g/mol. The number of thioether (sulfide) groups is 1. The molecule has 1 aliphatic heterocycles. The molecule has 1 saturated heterocycles. The fraction of sp³-hybridized carbons (Fsp3) is 0.400. The monoisotopic (exact) mass is 458 g/mol. The SMILES string of the molecule is Cn1c(=O)[nH]c(=O)c2c1nc(N1CCOCC1)n2CCCSc1nc2ccccc2s1. The Hall–Kier alpha value is -2.63. The van der Waals surface area contributed by atoms with E-state index in [2.05, 4.69) is 25.9 Å². The number of rotatable bonds is 6. The van der Waals surface area contributed by atoms with Crippen molar-refractivity contribution in [1.82, 2.24) is 24.1 Å². The maximum Gasteiger partial charge on any atom is 0.329 e. The number of imidazole rings is 1. The van der Waals surface area contributed by atoms with E-state index in [9.17, 15) is 9.59 Å². The van der Waals surface area contributed by atoms with E-state index >= 15 is 0 Å². The summed E-state index contributed by atoms with van der Waals surface area (Å²) in [6.07, 6.45) is 0.839. The molecule has 0 spiro atoms. The first-order valence-electron chi connectivity index (χ1n) is 10.1. The van der Waals surface area contributed by atoms with Crippen LogP contribution in [0.3, 0.4) is 0 Å². The number of ether oxygens (including phenoxy) is 1. The van der Waals surface area contributed by atoms with Gasteiger partial charge in [-0.2, -0.15) is 4.98 Å². The van der Waals surface area contributed by atoms with Gasteiger partial charge in [0.15, 0.2) is 15.5 Å². The second kappa shape index (κ2) is 8.48. The van der Waals surface area contributed by atoms with Gasteiger partial charge in [-0.3, -0.25) is 14.3 Å². The lowest BCUT2D eigenvalue weighted by Gasteiger charge is -2.28. The van der Waals surface area contributed by atoms with Crippen LogP contribution < -0.4 is 16.1 Å². The first kappa shape index (κ1) is 20.3. The molecule has 0 unspecified atom stereocenters. The van der Waals surface area contributed by atoms with Crippen LogP contribution in [0.5, 0.6) is 0 Å². The standard InChI is InChI=1S/C20H22N6O3S2/c1-24-16-15(17(27)23-19(24)28)26(18(22-16)25-8-10-29-11-9-25)7-4-12-30-20-21-13-5-2-3-6-14(13)31-20/h2-3,5-6H,4,7-12H2,1H3,(H,23,27,28). The van der Waals surface area contributed by atoms with E-state index in [1.165, 1.54) is 9.27 Å². The third-order valence-corrected chi connectivity index (χ3v) is 7.57. The minimum atomic E-state index is -0.456. The number of morpholine rings is 1. The van der Waals surface area contributed by atoms with Crippen LogP contribution in [-0.2, 0) is 18.3 Å². The van der Waals surface area contributed by atoms with Crippen LogP contribution in [0.15, 0.2) is 38.2 Å². The maximum atomic E-state index is 12.6. The number of anilines is 1. The molecule has 3 aromatic heterocycles. The molecule has 0 amide bonds. The van der Waals surface area contributed by atoms with Crippen LogP contribution in [0.2, 0.25) is 0 Å². The number of para-hydroxylation sites is 1. The summed E-state index contributed by atoms with van der Waals surface area (Å²) < 4.78 is 11.0. The first-order chi connectivity index (χ1) is 15.1. The fourth-order valence-electron chi connectivity index (χ4n) is 3.73. The minimum Gasteiger partial charge on any atom is -0.378 e. The molecule has 162 valence electrons. The number of hydrogen-bond acceptors (Lipinski definition) is 8. The molecule has 0 saturated carbocycles. The third kappa shape index (κ3) is 3.88. The molecule has 4 aromatic rings. The number of benzene rings is 1. The van der Waals surface area contributed by atoms with Gasteiger partial charge in [-0.1, -0.05) is 23.9 Å². The predicted octanol–water partition coefficient (Wildman–Crippen LogP) is 2.05. The summed E-state index contributed by atoms with van der Waals surface area (Å²) in [7, 11) is 1.63. The van der Waals surface area contributed by atoms with Crippen LogP contribution in [0.1, 0.15) is 6.42 Å². The zero-order chi connectivity index (χ0) is 21.4. The molecule has 11 heteroatoms. The fourth-order valence-corrected chi connectivity index (χ4v) is 5.80. The van der Waals surface area contributed by atoms with E-state index in [-0.39, 0.29) is 0 Å². The van der Waals surface area contributed by atoms with Crippen molar-refractivity contribution in [3.05, 3.63) is 45.1 Å². The summed E-state index contributed by atoms with van der Waals surface area (Å²) in [5.74, 6) is 1.58. The lowest BCUT2D eigenvalue weighted by atomic mass is 10.3. The van der Waals surface area contributed by atoms with Gasteiger partial charge in [-0.25, -0.2) is 9.78 Å². The smallest absolute Gasteiger partial charge is 0.329 e. The summed E-state index contributed by atoms with van der Waals surface area (Å²) in [4.78, 5) is 38.6. The van der Waals surface area contributed by atoms with Crippen molar-refractivity contribution >= 4 is 50.4 Å². The summed E-state index contributed by atoms with van der Waals surface area (Å²) >= 11 is 3.42. The van der Waals surface area contributed by atoms with Crippen LogP contribution in [0.4, 0.5) is 5.95 Å². The normalized spacial score (nSPS) is 14.7. The molecule has 1 aliphatic rings. The van der Waals surface area contributed by atoms with Crippen molar-refractivity contribution in [2.24, 2.45) is 7.05 Å². The Kier molecular flexibility index (Phi) is 5.55. The number of fused-ring (bicyclic) bond motifs is 2. The van der Waals surface area contributed by atoms with Gasteiger partial charge in [-0.05, 0) is 18.6 Å². The van der Waals surface area contributed by atoms with Gasteiger partial charge in [0.25, 0.3) is 5.56 Å². The summed E-state index contributed by atoms with van der Waals surface area (Å²) in [6, 6.07) is 8.13. The molecule has 31 heavy (non-hydrogen) atoms. The summed E-state index contributed by atoms with van der Waals surface area (Å²) in [6.45, 7) is 3.27. The average Bonchev–Trinajstić information content (AvgIpc) is 3.37. The molecule has 1 fully saturated rings. The number of nitrogens with one attached hydrogen (secondary N) is 1. The Bertz CT molecular complexity index is 1320. The van der Waals surface area contributed by atoms with Crippen LogP contribution >= 0.6 is 23.1 Å². The van der Waals surface area contributed by atoms with E-state index in [1.807, 2.05) is 22.8 Å². The highest BCUT2D eigenvalue weighted by Gasteiger charge is 2.22. The number of aryl methyl sites for hydroxylation is 2. The Labute approximate surface area is 185 Å². The number of aromatic nitrogens is 5. The van der Waals surface area contributed by atoms with Gasteiger partial charge >= 0.3 is 5.69 Å². The molecule has 9 nitrogen and oxygen atoms in total. The number of hydrogen-bond donors (Lipinski definition) is 1. The van der Waals surface area contributed by atoms with Crippen molar-refractivity contribution in [2.45, 2.75) is 17.3 Å². The Morgan fingerprint density at radius 3 is 2.81 bits per heavy atom. The van der Waals surface area contributed by atoms with Crippen molar-refractivity contribution in [1.29, 1.82) is 0 Å². The molecule has 5 rings (SSSR count). The molecule has 0 atom stereocenters. The predicted molar refractivity (Wildman–Crippen MR) is 124 cm³/mol. The number of nitrogens with zero attached hydrogens (tertiary/aromatic N) is 5. The second-order valence-electron chi connectivity index (χ2n) is 7.30. The lowest BCUT2D eigenvalue weighted by Crippen LogP contribution is -2.38.